The number of benzene rings is 3. The molecule has 2 N–H and O–H groups in total. The highest BCUT2D eigenvalue weighted by atomic mass is 32.2. The Kier molecular flexibility index (Phi) is 7.67. The summed E-state index contributed by atoms with van der Waals surface area (Å²) >= 11 is 1.07. The first-order valence-electron chi connectivity index (χ1n) is 10.5. The van der Waals surface area contributed by atoms with Crippen LogP contribution in [-0.2, 0) is 11.2 Å². The maximum absolute atomic E-state index is 13.1. The van der Waals surface area contributed by atoms with Crippen molar-refractivity contribution >= 4 is 29.3 Å². The number of hydrogen-bond donors (Lipinski definition) is 2. The number of para-hydroxylation sites is 1. The lowest BCUT2D eigenvalue weighted by molar-refractivity contribution is -0.113. The molecule has 7 nitrogen and oxygen atoms in total. The number of amides is 2. The Hall–Kier alpha value is -3.98. The van der Waals surface area contributed by atoms with Gasteiger partial charge in [-0.05, 0) is 48.4 Å². The number of carbonyl (C=O) groups excluding carboxylic acids is 2. The SMILES string of the molecule is O=C(CSc1nnc(-c2ccc(F)cc2)o1)Nc1ccccc1C(=O)NCCc1ccccc1. The molecule has 0 atom stereocenters. The van der Waals surface area contributed by atoms with Gasteiger partial charge in [-0.3, -0.25) is 9.59 Å². The van der Waals surface area contributed by atoms with Crippen LogP contribution in [0.1, 0.15) is 15.9 Å². The second-order valence-electron chi connectivity index (χ2n) is 7.25. The number of thioether (sulfide) groups is 1. The van der Waals surface area contributed by atoms with Gasteiger partial charge in [0.15, 0.2) is 0 Å². The van der Waals surface area contributed by atoms with E-state index >= 15 is 0 Å². The van der Waals surface area contributed by atoms with E-state index < -0.39 is 0 Å². The number of nitrogens with one attached hydrogen (secondary N) is 2. The van der Waals surface area contributed by atoms with Gasteiger partial charge in [0, 0.05) is 12.1 Å². The third-order valence-corrected chi connectivity index (χ3v) is 5.63. The number of hydrogen-bond acceptors (Lipinski definition) is 6. The van der Waals surface area contributed by atoms with Crippen LogP contribution in [-0.4, -0.2) is 34.3 Å². The van der Waals surface area contributed by atoms with Crippen LogP contribution in [0.15, 0.2) is 88.5 Å². The molecule has 0 aliphatic heterocycles. The molecule has 0 radical (unpaired) electrons. The lowest BCUT2D eigenvalue weighted by Gasteiger charge is -2.11. The van der Waals surface area contributed by atoms with Crippen LogP contribution >= 0.6 is 11.8 Å². The molecule has 0 bridgehead atoms. The number of anilines is 1. The fourth-order valence-electron chi connectivity index (χ4n) is 3.14. The summed E-state index contributed by atoms with van der Waals surface area (Å²) in [5.74, 6) is -0.703. The molecule has 0 unspecified atom stereocenters. The Balaban J connectivity index is 1.30. The largest absolute Gasteiger partial charge is 0.411 e. The minimum atomic E-state index is -0.361. The molecule has 0 saturated carbocycles. The van der Waals surface area contributed by atoms with Gasteiger partial charge >= 0.3 is 0 Å². The Morgan fingerprint density at radius 2 is 1.65 bits per heavy atom. The van der Waals surface area contributed by atoms with Crippen molar-refractivity contribution in [1.29, 1.82) is 0 Å². The Labute approximate surface area is 199 Å². The smallest absolute Gasteiger partial charge is 0.277 e. The number of halogens is 1. The zero-order valence-electron chi connectivity index (χ0n) is 18.0. The first kappa shape index (κ1) is 23.2. The molecule has 1 heterocycles. The molecule has 0 spiro atoms. The van der Waals surface area contributed by atoms with Crippen LogP contribution in [0.3, 0.4) is 0 Å². The fraction of sp³-hybridized carbons (Fsp3) is 0.120. The number of carbonyl (C=O) groups is 2. The Bertz CT molecular complexity index is 1260. The average Bonchev–Trinajstić information content (AvgIpc) is 3.33. The average molecular weight is 477 g/mol. The van der Waals surface area contributed by atoms with Crippen LogP contribution in [0.2, 0.25) is 0 Å². The predicted octanol–water partition coefficient (Wildman–Crippen LogP) is 4.58. The topological polar surface area (TPSA) is 97.1 Å². The lowest BCUT2D eigenvalue weighted by atomic mass is 10.1. The molecule has 0 saturated heterocycles. The normalized spacial score (nSPS) is 10.6. The van der Waals surface area contributed by atoms with Crippen molar-refractivity contribution in [1.82, 2.24) is 15.5 Å². The molecule has 0 aliphatic rings. The van der Waals surface area contributed by atoms with E-state index in [9.17, 15) is 14.0 Å². The second-order valence-corrected chi connectivity index (χ2v) is 8.18. The molecule has 0 aliphatic carbocycles. The molecule has 0 fully saturated rings. The van der Waals surface area contributed by atoms with E-state index in [-0.39, 0.29) is 34.5 Å². The third-order valence-electron chi connectivity index (χ3n) is 4.81. The van der Waals surface area contributed by atoms with Gasteiger partial charge in [0.05, 0.1) is 17.0 Å². The molecule has 172 valence electrons. The molecule has 2 amide bonds. The zero-order chi connectivity index (χ0) is 23.8. The molecule has 4 aromatic rings. The van der Waals surface area contributed by atoms with Gasteiger partial charge in [-0.1, -0.05) is 54.2 Å². The van der Waals surface area contributed by atoms with Gasteiger partial charge in [-0.15, -0.1) is 10.2 Å². The van der Waals surface area contributed by atoms with E-state index in [1.165, 1.54) is 24.3 Å². The summed E-state index contributed by atoms with van der Waals surface area (Å²) in [4.78, 5) is 25.1. The highest BCUT2D eigenvalue weighted by Crippen LogP contribution is 2.24. The highest BCUT2D eigenvalue weighted by molar-refractivity contribution is 7.99. The summed E-state index contributed by atoms with van der Waals surface area (Å²) in [5, 5.41) is 13.7. The summed E-state index contributed by atoms with van der Waals surface area (Å²) in [6.45, 7) is 0.481. The Morgan fingerprint density at radius 1 is 0.912 bits per heavy atom. The number of aromatic nitrogens is 2. The lowest BCUT2D eigenvalue weighted by Crippen LogP contribution is -2.27. The van der Waals surface area contributed by atoms with Crippen molar-refractivity contribution in [2.75, 3.05) is 17.6 Å². The number of nitrogens with zero attached hydrogens (tertiary/aromatic N) is 2. The van der Waals surface area contributed by atoms with Gasteiger partial charge < -0.3 is 15.1 Å². The minimum Gasteiger partial charge on any atom is -0.411 e. The first-order valence-corrected chi connectivity index (χ1v) is 11.5. The first-order chi connectivity index (χ1) is 16.6. The summed E-state index contributed by atoms with van der Waals surface area (Å²) < 4.78 is 18.6. The van der Waals surface area contributed by atoms with Gasteiger partial charge in [0.1, 0.15) is 5.82 Å². The molecule has 9 heteroatoms. The highest BCUT2D eigenvalue weighted by Gasteiger charge is 2.15. The molecule has 3 aromatic carbocycles. The third kappa shape index (κ3) is 6.29. The van der Waals surface area contributed by atoms with Crippen molar-refractivity contribution in [2.24, 2.45) is 0 Å². The summed E-state index contributed by atoms with van der Waals surface area (Å²) in [6, 6.07) is 22.4. The molecular formula is C25H21FN4O3S. The summed E-state index contributed by atoms with van der Waals surface area (Å²) in [6.07, 6.45) is 0.710. The van der Waals surface area contributed by atoms with Crippen LogP contribution in [0.4, 0.5) is 10.1 Å². The monoisotopic (exact) mass is 476 g/mol. The van der Waals surface area contributed by atoms with E-state index in [2.05, 4.69) is 20.8 Å². The van der Waals surface area contributed by atoms with Crippen molar-refractivity contribution in [2.45, 2.75) is 11.6 Å². The fourth-order valence-corrected chi connectivity index (χ4v) is 3.70. The van der Waals surface area contributed by atoms with E-state index in [1.54, 1.807) is 24.3 Å². The summed E-state index contributed by atoms with van der Waals surface area (Å²) in [7, 11) is 0. The predicted molar refractivity (Wildman–Crippen MR) is 128 cm³/mol. The van der Waals surface area contributed by atoms with E-state index in [1.807, 2.05) is 30.3 Å². The van der Waals surface area contributed by atoms with Crippen LogP contribution in [0, 0.1) is 5.82 Å². The Morgan fingerprint density at radius 3 is 2.44 bits per heavy atom. The quantitative estimate of drug-likeness (QED) is 0.343. The van der Waals surface area contributed by atoms with Gasteiger partial charge in [0.25, 0.3) is 11.1 Å². The van der Waals surface area contributed by atoms with Crippen molar-refractivity contribution in [3.05, 3.63) is 95.8 Å². The van der Waals surface area contributed by atoms with Crippen molar-refractivity contribution in [3.8, 4) is 11.5 Å². The summed E-state index contributed by atoms with van der Waals surface area (Å²) in [5.41, 5.74) is 2.51. The maximum Gasteiger partial charge on any atom is 0.277 e. The zero-order valence-corrected chi connectivity index (χ0v) is 18.8. The number of rotatable bonds is 9. The van der Waals surface area contributed by atoms with Gasteiger partial charge in [-0.25, -0.2) is 4.39 Å². The maximum atomic E-state index is 13.1. The molecular weight excluding hydrogens is 455 g/mol. The molecule has 1 aromatic heterocycles. The minimum absolute atomic E-state index is 0.00894. The van der Waals surface area contributed by atoms with Gasteiger partial charge in [-0.2, -0.15) is 0 Å². The molecule has 34 heavy (non-hydrogen) atoms. The van der Waals surface area contributed by atoms with Crippen LogP contribution < -0.4 is 10.6 Å². The van der Waals surface area contributed by atoms with E-state index in [4.69, 9.17) is 4.42 Å². The van der Waals surface area contributed by atoms with Gasteiger partial charge in [0.2, 0.25) is 11.8 Å². The van der Waals surface area contributed by atoms with Crippen molar-refractivity contribution < 1.29 is 18.4 Å². The standard InChI is InChI=1S/C25H21FN4O3S/c26-19-12-10-18(11-13-19)24-29-30-25(33-24)34-16-22(31)28-21-9-5-4-8-20(21)23(32)27-15-14-17-6-2-1-3-7-17/h1-13H,14-16H2,(H,27,32)(H,28,31). The molecule has 4 rings (SSSR count). The van der Waals surface area contributed by atoms with Crippen LogP contribution in [0.5, 0.6) is 0 Å². The van der Waals surface area contributed by atoms with Crippen molar-refractivity contribution in [3.63, 3.8) is 0 Å². The van der Waals surface area contributed by atoms with Crippen LogP contribution in [0.25, 0.3) is 11.5 Å². The van der Waals surface area contributed by atoms with E-state index in [0.717, 1.165) is 17.3 Å². The second kappa shape index (κ2) is 11.2. The van der Waals surface area contributed by atoms with E-state index in [0.29, 0.717) is 29.8 Å².